The lowest BCUT2D eigenvalue weighted by atomic mass is 9.89. The third-order valence-corrected chi connectivity index (χ3v) is 5.55. The third-order valence-electron chi connectivity index (χ3n) is 5.55. The zero-order valence-corrected chi connectivity index (χ0v) is 14.3. The van der Waals surface area contributed by atoms with Crippen molar-refractivity contribution in [3.63, 3.8) is 0 Å². The van der Waals surface area contributed by atoms with Crippen LogP contribution in [-0.2, 0) is 16.8 Å². The molecule has 0 bridgehead atoms. The molecule has 1 fully saturated rings. The Morgan fingerprint density at radius 1 is 0.720 bits per heavy atom. The van der Waals surface area contributed by atoms with Gasteiger partial charge in [-0.1, -0.05) is 84.9 Å². The molecule has 0 amide bonds. The average Bonchev–Trinajstić information content (AvgIpc) is 3.32. The Morgan fingerprint density at radius 2 is 1.32 bits per heavy atom. The third kappa shape index (κ3) is 2.35. The number of epoxide rings is 1. The van der Waals surface area contributed by atoms with E-state index in [2.05, 4.69) is 91.9 Å². The maximum Gasteiger partial charge on any atom is 0.118 e. The summed E-state index contributed by atoms with van der Waals surface area (Å²) in [4.78, 5) is 0. The van der Waals surface area contributed by atoms with Crippen LogP contribution in [0.5, 0.6) is 0 Å². The van der Waals surface area contributed by atoms with Crippen LogP contribution in [-0.4, -0.2) is 6.10 Å². The van der Waals surface area contributed by atoms with E-state index < -0.39 is 0 Å². The van der Waals surface area contributed by atoms with Crippen molar-refractivity contribution >= 4 is 21.5 Å². The normalized spacial score (nSPS) is 22.4. The number of fused-ring (bicyclic) bond motifs is 2. The van der Waals surface area contributed by atoms with Gasteiger partial charge in [-0.15, -0.1) is 0 Å². The van der Waals surface area contributed by atoms with E-state index in [1.165, 1.54) is 32.7 Å². The Kier molecular flexibility index (Phi) is 3.19. The van der Waals surface area contributed by atoms with Gasteiger partial charge in [0.25, 0.3) is 0 Å². The van der Waals surface area contributed by atoms with Crippen molar-refractivity contribution in [3.05, 3.63) is 96.1 Å². The highest BCUT2D eigenvalue weighted by Crippen LogP contribution is 2.49. The van der Waals surface area contributed by atoms with Crippen LogP contribution < -0.4 is 0 Å². The fraction of sp³-hybridized carbons (Fsp3) is 0.167. The quantitative estimate of drug-likeness (QED) is 0.431. The van der Waals surface area contributed by atoms with E-state index in [-0.39, 0.29) is 11.7 Å². The van der Waals surface area contributed by atoms with Crippen LogP contribution >= 0.6 is 0 Å². The van der Waals surface area contributed by atoms with E-state index in [1.54, 1.807) is 0 Å². The maximum atomic E-state index is 6.25. The molecule has 1 aliphatic rings. The van der Waals surface area contributed by atoms with Gasteiger partial charge in [-0.25, -0.2) is 0 Å². The molecule has 5 rings (SSSR count). The molecular formula is C24H20O. The lowest BCUT2D eigenvalue weighted by Crippen LogP contribution is -2.10. The summed E-state index contributed by atoms with van der Waals surface area (Å²) in [6, 6.07) is 30.3. The predicted octanol–water partition coefficient (Wildman–Crippen LogP) is 5.85. The molecule has 122 valence electrons. The minimum absolute atomic E-state index is 0.197. The van der Waals surface area contributed by atoms with E-state index >= 15 is 0 Å². The second-order valence-corrected chi connectivity index (χ2v) is 7.08. The molecular weight excluding hydrogens is 304 g/mol. The molecule has 0 saturated carbocycles. The van der Waals surface area contributed by atoms with Crippen molar-refractivity contribution in [3.8, 4) is 0 Å². The average molecular weight is 324 g/mol. The molecule has 0 aromatic heterocycles. The SMILES string of the molecule is C[C@@]1(c2cccc3ccccc23)O[C@H]1Cc1cccc2ccccc12. The summed E-state index contributed by atoms with van der Waals surface area (Å²) in [7, 11) is 0. The van der Waals surface area contributed by atoms with Crippen LogP contribution in [0.2, 0.25) is 0 Å². The number of rotatable bonds is 3. The van der Waals surface area contributed by atoms with Crippen molar-refractivity contribution in [1.82, 2.24) is 0 Å². The van der Waals surface area contributed by atoms with Crippen molar-refractivity contribution in [2.24, 2.45) is 0 Å². The van der Waals surface area contributed by atoms with Gasteiger partial charge in [-0.3, -0.25) is 0 Å². The molecule has 0 radical (unpaired) electrons. The van der Waals surface area contributed by atoms with Gasteiger partial charge in [0.15, 0.2) is 0 Å². The number of benzene rings is 4. The molecule has 0 spiro atoms. The van der Waals surface area contributed by atoms with Gasteiger partial charge in [0.05, 0.1) is 6.10 Å². The second-order valence-electron chi connectivity index (χ2n) is 7.08. The molecule has 0 unspecified atom stereocenters. The van der Waals surface area contributed by atoms with Crippen molar-refractivity contribution < 1.29 is 4.74 Å². The van der Waals surface area contributed by atoms with Gasteiger partial charge in [0, 0.05) is 6.42 Å². The van der Waals surface area contributed by atoms with Gasteiger partial charge in [-0.2, -0.15) is 0 Å². The predicted molar refractivity (Wildman–Crippen MR) is 104 cm³/mol. The summed E-state index contributed by atoms with van der Waals surface area (Å²) in [6.45, 7) is 2.23. The van der Waals surface area contributed by atoms with E-state index in [4.69, 9.17) is 4.74 Å². The Morgan fingerprint density at radius 3 is 2.12 bits per heavy atom. The zero-order valence-electron chi connectivity index (χ0n) is 14.3. The fourth-order valence-corrected chi connectivity index (χ4v) is 4.06. The monoisotopic (exact) mass is 324 g/mol. The number of hydrogen-bond acceptors (Lipinski definition) is 1. The minimum atomic E-state index is -0.197. The van der Waals surface area contributed by atoms with Gasteiger partial charge >= 0.3 is 0 Å². The summed E-state index contributed by atoms with van der Waals surface area (Å²) in [5, 5.41) is 5.21. The molecule has 0 N–H and O–H groups in total. The number of hydrogen-bond donors (Lipinski definition) is 0. The molecule has 1 saturated heterocycles. The first-order valence-electron chi connectivity index (χ1n) is 8.88. The van der Waals surface area contributed by atoms with Crippen LogP contribution in [0.4, 0.5) is 0 Å². The smallest absolute Gasteiger partial charge is 0.118 e. The number of ether oxygens (including phenoxy) is 1. The lowest BCUT2D eigenvalue weighted by molar-refractivity contribution is 0.313. The first-order valence-corrected chi connectivity index (χ1v) is 8.88. The molecule has 2 atom stereocenters. The van der Waals surface area contributed by atoms with Crippen LogP contribution in [0.1, 0.15) is 18.1 Å². The van der Waals surface area contributed by atoms with Crippen LogP contribution in [0.3, 0.4) is 0 Å². The van der Waals surface area contributed by atoms with Gasteiger partial charge in [0.2, 0.25) is 0 Å². The van der Waals surface area contributed by atoms with Crippen molar-refractivity contribution in [2.45, 2.75) is 25.0 Å². The Balaban J connectivity index is 1.51. The Hall–Kier alpha value is -2.64. The van der Waals surface area contributed by atoms with Crippen LogP contribution in [0.25, 0.3) is 21.5 Å². The second kappa shape index (κ2) is 5.44. The van der Waals surface area contributed by atoms with Crippen LogP contribution in [0, 0.1) is 0 Å². The summed E-state index contributed by atoms with van der Waals surface area (Å²) in [5.41, 5.74) is 2.47. The molecule has 25 heavy (non-hydrogen) atoms. The standard InChI is InChI=1S/C24H20O/c1-24(22-15-7-11-18-9-3-5-14-21(18)22)23(25-24)16-19-12-6-10-17-8-2-4-13-20(17)19/h2-15,23H,16H2,1H3/t23-,24-/m0/s1. The van der Waals surface area contributed by atoms with Gasteiger partial charge in [-0.05, 0) is 39.6 Å². The lowest BCUT2D eigenvalue weighted by Gasteiger charge is -2.12. The van der Waals surface area contributed by atoms with Gasteiger partial charge in [0.1, 0.15) is 5.60 Å². The summed E-state index contributed by atoms with van der Waals surface area (Å²) < 4.78 is 6.25. The van der Waals surface area contributed by atoms with E-state index in [0.29, 0.717) is 0 Å². The highest BCUT2D eigenvalue weighted by molar-refractivity contribution is 5.87. The first-order chi connectivity index (χ1) is 12.3. The molecule has 1 aliphatic heterocycles. The minimum Gasteiger partial charge on any atom is -0.361 e. The highest BCUT2D eigenvalue weighted by atomic mass is 16.6. The summed E-state index contributed by atoms with van der Waals surface area (Å²) >= 11 is 0. The van der Waals surface area contributed by atoms with E-state index in [9.17, 15) is 0 Å². The van der Waals surface area contributed by atoms with Crippen molar-refractivity contribution in [2.75, 3.05) is 0 Å². The van der Waals surface area contributed by atoms with E-state index in [0.717, 1.165) is 6.42 Å². The fourth-order valence-electron chi connectivity index (χ4n) is 4.06. The van der Waals surface area contributed by atoms with Crippen LogP contribution in [0.15, 0.2) is 84.9 Å². The van der Waals surface area contributed by atoms with E-state index in [1.807, 2.05) is 0 Å². The Bertz CT molecular complexity index is 1070. The zero-order chi connectivity index (χ0) is 16.9. The highest BCUT2D eigenvalue weighted by Gasteiger charge is 2.53. The van der Waals surface area contributed by atoms with Gasteiger partial charge < -0.3 is 4.74 Å². The van der Waals surface area contributed by atoms with Crippen molar-refractivity contribution in [1.29, 1.82) is 0 Å². The first kappa shape index (κ1) is 14.7. The molecule has 1 heteroatoms. The largest absolute Gasteiger partial charge is 0.361 e. The molecule has 4 aromatic carbocycles. The molecule has 1 nitrogen and oxygen atoms in total. The summed E-state index contributed by atoms with van der Waals surface area (Å²) in [5.74, 6) is 0. The molecule has 0 aliphatic carbocycles. The topological polar surface area (TPSA) is 12.5 Å². The Labute approximate surface area is 147 Å². The molecule has 1 heterocycles. The molecule has 4 aromatic rings. The maximum absolute atomic E-state index is 6.25. The summed E-state index contributed by atoms with van der Waals surface area (Å²) in [6.07, 6.45) is 1.17.